The fourth-order valence-electron chi connectivity index (χ4n) is 1.99. The van der Waals surface area contributed by atoms with Crippen molar-refractivity contribution < 1.29 is 4.79 Å². The number of carbonyl (C=O) groups is 1. The fraction of sp³-hybridized carbons (Fsp3) is 0.458. The van der Waals surface area contributed by atoms with Crippen molar-refractivity contribution in [3.8, 4) is 0 Å². The van der Waals surface area contributed by atoms with Gasteiger partial charge in [0.15, 0.2) is 0 Å². The molecule has 0 saturated heterocycles. The van der Waals surface area contributed by atoms with Gasteiger partial charge in [0.25, 0.3) is 0 Å². The summed E-state index contributed by atoms with van der Waals surface area (Å²) in [4.78, 5) is 11.1. The number of hydrogen-bond acceptors (Lipinski definition) is 1. The summed E-state index contributed by atoms with van der Waals surface area (Å²) in [7, 11) is 0. The Balaban J connectivity index is 3.59. The zero-order valence-corrected chi connectivity index (χ0v) is 16.4. The summed E-state index contributed by atoms with van der Waals surface area (Å²) < 4.78 is 0. The fourth-order valence-corrected chi connectivity index (χ4v) is 1.99. The Morgan fingerprint density at radius 2 is 0.960 bits per heavy atom. The Kier molecular flexibility index (Phi) is 17.1. The number of hydrogen-bond donors (Lipinski definition) is 0. The van der Waals surface area contributed by atoms with Crippen LogP contribution in [0.25, 0.3) is 0 Å². The van der Waals surface area contributed by atoms with E-state index in [1.165, 1.54) is 0 Å². The van der Waals surface area contributed by atoms with E-state index in [0.29, 0.717) is 0 Å². The summed E-state index contributed by atoms with van der Waals surface area (Å²) in [5.41, 5.74) is 0. The van der Waals surface area contributed by atoms with E-state index in [-0.39, 0.29) is 11.7 Å². The minimum Gasteiger partial charge on any atom is -0.300 e. The van der Waals surface area contributed by atoms with E-state index in [2.05, 4.69) is 79.8 Å². The van der Waals surface area contributed by atoms with Crippen molar-refractivity contribution in [3.05, 3.63) is 72.9 Å². The predicted octanol–water partition coefficient (Wildman–Crippen LogP) is 7.30. The molecule has 0 spiro atoms. The van der Waals surface area contributed by atoms with Crippen LogP contribution in [0.4, 0.5) is 0 Å². The molecule has 0 radical (unpaired) electrons. The van der Waals surface area contributed by atoms with Crippen LogP contribution in [0.1, 0.15) is 65.7 Å². The maximum Gasteiger partial charge on any atom is 0.132 e. The molecule has 0 fully saturated rings. The van der Waals surface area contributed by atoms with Crippen molar-refractivity contribution in [3.63, 3.8) is 0 Å². The van der Waals surface area contributed by atoms with Crippen molar-refractivity contribution in [1.29, 1.82) is 0 Å². The van der Waals surface area contributed by atoms with Gasteiger partial charge in [-0.1, -0.05) is 86.8 Å². The molecule has 0 aliphatic carbocycles. The molecule has 1 heteroatoms. The molecule has 0 bridgehead atoms. The van der Waals surface area contributed by atoms with Gasteiger partial charge in [0, 0.05) is 5.92 Å². The second kappa shape index (κ2) is 18.4. The Labute approximate surface area is 155 Å². The van der Waals surface area contributed by atoms with Crippen LogP contribution in [0.15, 0.2) is 72.9 Å². The summed E-state index contributed by atoms with van der Waals surface area (Å²) in [5.74, 6) is 0.407. The molecule has 1 nitrogen and oxygen atoms in total. The SMILES string of the molecule is CC/C=C\C/C=C\C/C=C\C/C=C\C/C=C\C/C=C\CC(C)C(C)=O. The lowest BCUT2D eigenvalue weighted by atomic mass is 10.0. The Bertz CT molecular complexity index is 486. The average molecular weight is 341 g/mol. The van der Waals surface area contributed by atoms with Gasteiger partial charge in [-0.3, -0.25) is 4.79 Å². The summed E-state index contributed by atoms with van der Waals surface area (Å²) in [5, 5.41) is 0. The molecule has 0 aliphatic heterocycles. The molecule has 1 unspecified atom stereocenters. The molecule has 0 heterocycles. The van der Waals surface area contributed by atoms with Crippen molar-refractivity contribution in [1.82, 2.24) is 0 Å². The summed E-state index contributed by atoms with van der Waals surface area (Å²) in [6.45, 7) is 5.79. The lowest BCUT2D eigenvalue weighted by molar-refractivity contribution is -0.120. The summed E-state index contributed by atoms with van der Waals surface area (Å²) in [6, 6.07) is 0. The highest BCUT2D eigenvalue weighted by molar-refractivity contribution is 5.77. The van der Waals surface area contributed by atoms with Crippen LogP contribution in [0.5, 0.6) is 0 Å². The molecular weight excluding hydrogens is 304 g/mol. The maximum absolute atomic E-state index is 11.1. The molecule has 0 aromatic rings. The van der Waals surface area contributed by atoms with Gasteiger partial charge in [-0.05, 0) is 51.9 Å². The van der Waals surface area contributed by atoms with E-state index in [4.69, 9.17) is 0 Å². The molecule has 0 aliphatic rings. The van der Waals surface area contributed by atoms with E-state index < -0.39 is 0 Å². The first-order valence-electron chi connectivity index (χ1n) is 9.58. The maximum atomic E-state index is 11.1. The minimum absolute atomic E-state index is 0.143. The van der Waals surface area contributed by atoms with Gasteiger partial charge >= 0.3 is 0 Å². The van der Waals surface area contributed by atoms with E-state index >= 15 is 0 Å². The highest BCUT2D eigenvalue weighted by atomic mass is 16.1. The second-order valence-corrected chi connectivity index (χ2v) is 6.16. The second-order valence-electron chi connectivity index (χ2n) is 6.16. The van der Waals surface area contributed by atoms with E-state index in [9.17, 15) is 4.79 Å². The third-order valence-corrected chi connectivity index (χ3v) is 3.78. The first-order valence-corrected chi connectivity index (χ1v) is 9.58. The molecule has 0 aromatic heterocycles. The largest absolute Gasteiger partial charge is 0.300 e. The van der Waals surface area contributed by atoms with Crippen molar-refractivity contribution >= 4 is 5.78 Å². The Morgan fingerprint density at radius 1 is 0.640 bits per heavy atom. The number of ketones is 1. The van der Waals surface area contributed by atoms with Crippen LogP contribution in [-0.4, -0.2) is 5.78 Å². The number of carbonyl (C=O) groups excluding carboxylic acids is 1. The van der Waals surface area contributed by atoms with Crippen molar-refractivity contribution in [2.24, 2.45) is 5.92 Å². The first-order chi connectivity index (χ1) is 12.2. The molecule has 0 amide bonds. The number of allylic oxidation sites excluding steroid dienone is 12. The van der Waals surface area contributed by atoms with E-state index in [0.717, 1.165) is 44.9 Å². The zero-order valence-electron chi connectivity index (χ0n) is 16.4. The Hall–Kier alpha value is -1.89. The normalized spacial score (nSPS) is 14.4. The predicted molar refractivity (Wildman–Crippen MR) is 113 cm³/mol. The number of rotatable bonds is 14. The van der Waals surface area contributed by atoms with Gasteiger partial charge in [-0.15, -0.1) is 0 Å². The van der Waals surface area contributed by atoms with Gasteiger partial charge in [-0.2, -0.15) is 0 Å². The molecule has 0 N–H and O–H groups in total. The van der Waals surface area contributed by atoms with Crippen LogP contribution >= 0.6 is 0 Å². The number of Topliss-reactive ketones (excluding diaryl/α,β-unsaturated/α-hetero) is 1. The molecule has 0 aromatic carbocycles. The monoisotopic (exact) mass is 340 g/mol. The lowest BCUT2D eigenvalue weighted by Crippen LogP contribution is -2.03. The quantitative estimate of drug-likeness (QED) is 0.303. The molecule has 0 rings (SSSR count). The highest BCUT2D eigenvalue weighted by Crippen LogP contribution is 2.04. The van der Waals surface area contributed by atoms with Gasteiger partial charge in [0.2, 0.25) is 0 Å². The lowest BCUT2D eigenvalue weighted by Gasteiger charge is -2.00. The average Bonchev–Trinajstić information content (AvgIpc) is 2.60. The highest BCUT2D eigenvalue weighted by Gasteiger charge is 2.03. The van der Waals surface area contributed by atoms with Crippen LogP contribution < -0.4 is 0 Å². The van der Waals surface area contributed by atoms with Crippen molar-refractivity contribution in [2.75, 3.05) is 0 Å². The molecule has 25 heavy (non-hydrogen) atoms. The third-order valence-electron chi connectivity index (χ3n) is 3.78. The van der Waals surface area contributed by atoms with E-state index in [1.54, 1.807) is 6.92 Å². The molecule has 1 atom stereocenters. The third kappa shape index (κ3) is 18.3. The zero-order chi connectivity index (χ0) is 18.6. The summed E-state index contributed by atoms with van der Waals surface area (Å²) >= 11 is 0. The Morgan fingerprint density at radius 3 is 1.28 bits per heavy atom. The summed E-state index contributed by atoms with van der Waals surface area (Å²) in [6.07, 6.45) is 33.2. The van der Waals surface area contributed by atoms with Crippen LogP contribution in [0, 0.1) is 5.92 Å². The van der Waals surface area contributed by atoms with Crippen LogP contribution in [0.2, 0.25) is 0 Å². The minimum atomic E-state index is 0.143. The van der Waals surface area contributed by atoms with Crippen molar-refractivity contribution in [2.45, 2.75) is 65.7 Å². The topological polar surface area (TPSA) is 17.1 Å². The van der Waals surface area contributed by atoms with E-state index in [1.807, 2.05) is 6.92 Å². The molecule has 138 valence electrons. The smallest absolute Gasteiger partial charge is 0.132 e. The first kappa shape index (κ1) is 23.1. The van der Waals surface area contributed by atoms with Gasteiger partial charge in [-0.25, -0.2) is 0 Å². The van der Waals surface area contributed by atoms with Crippen LogP contribution in [0.3, 0.4) is 0 Å². The van der Waals surface area contributed by atoms with Gasteiger partial charge in [0.1, 0.15) is 5.78 Å². The molecular formula is C24H36O. The van der Waals surface area contributed by atoms with Crippen LogP contribution in [-0.2, 0) is 4.79 Å². The molecule has 0 saturated carbocycles. The standard InChI is InChI=1S/C24H36O/c1-4-5-6-7-8-9-10-11-12-13-14-15-16-17-18-19-20-21-22-23(2)24(3)25/h5-6,8-9,11-12,14-15,17-18,20-21,23H,4,7,10,13,16,19,22H2,1-3H3/b6-5-,9-8-,12-11-,15-14-,18-17-,21-20-. The van der Waals surface area contributed by atoms with Gasteiger partial charge in [0.05, 0.1) is 0 Å². The van der Waals surface area contributed by atoms with Gasteiger partial charge < -0.3 is 0 Å².